The van der Waals surface area contributed by atoms with Crippen LogP contribution in [0.1, 0.15) is 48.5 Å². The first-order valence-electron chi connectivity index (χ1n) is 10.6. The molecule has 0 spiro atoms. The van der Waals surface area contributed by atoms with E-state index in [4.69, 9.17) is 4.42 Å². The lowest BCUT2D eigenvalue weighted by Gasteiger charge is -2.39. The normalized spacial score (nSPS) is 24.2. The van der Waals surface area contributed by atoms with Crippen LogP contribution in [0.4, 0.5) is 5.69 Å². The van der Waals surface area contributed by atoms with Crippen molar-refractivity contribution in [2.75, 3.05) is 11.9 Å². The molecule has 0 radical (unpaired) electrons. The van der Waals surface area contributed by atoms with E-state index >= 15 is 0 Å². The molecule has 3 aliphatic rings. The third-order valence-corrected chi connectivity index (χ3v) is 7.23. The topological polar surface area (TPSA) is 19.6 Å². The SMILES string of the molecule is Cc1ccc2c(oc3ccccc32)c1N1C2CCC(c3ccccc32)N(C)[C@@H]1C. The van der Waals surface area contributed by atoms with Gasteiger partial charge in [-0.1, -0.05) is 54.6 Å². The molecule has 1 aliphatic carbocycles. The zero-order valence-corrected chi connectivity index (χ0v) is 17.2. The van der Waals surface area contributed by atoms with Crippen molar-refractivity contribution in [1.29, 1.82) is 0 Å². The van der Waals surface area contributed by atoms with Gasteiger partial charge in [-0.15, -0.1) is 0 Å². The van der Waals surface area contributed by atoms with E-state index in [2.05, 4.69) is 91.4 Å². The van der Waals surface area contributed by atoms with E-state index in [9.17, 15) is 0 Å². The standard InChI is InChI=1S/C26H26N2O/c1-16-12-13-21-20-10-6-7-11-24(20)29-26(21)25(16)28-17(2)27(3)22-14-15-23(28)19-9-5-4-8-18(19)22/h4-13,17,22-23H,14-15H2,1-3H3/t17-,22?,23?/m0/s1. The Morgan fingerprint density at radius 2 is 1.52 bits per heavy atom. The molecular formula is C26H26N2O. The molecule has 2 bridgehead atoms. The van der Waals surface area contributed by atoms with Crippen molar-refractivity contribution < 1.29 is 4.42 Å². The first-order chi connectivity index (χ1) is 14.1. The van der Waals surface area contributed by atoms with E-state index in [0.717, 1.165) is 11.2 Å². The number of hydrogen-bond donors (Lipinski definition) is 0. The zero-order valence-electron chi connectivity index (χ0n) is 17.2. The fourth-order valence-corrected chi connectivity index (χ4v) is 5.71. The molecule has 1 aromatic heterocycles. The summed E-state index contributed by atoms with van der Waals surface area (Å²) in [5, 5.41) is 2.41. The number of furan rings is 1. The van der Waals surface area contributed by atoms with E-state index in [1.165, 1.54) is 46.0 Å². The molecule has 0 amide bonds. The largest absolute Gasteiger partial charge is 0.454 e. The number of aryl methyl sites for hydroxylation is 1. The molecule has 3 aromatic carbocycles. The molecule has 7 rings (SSSR count). The molecule has 1 saturated heterocycles. The summed E-state index contributed by atoms with van der Waals surface area (Å²) in [7, 11) is 2.28. The molecule has 146 valence electrons. The van der Waals surface area contributed by atoms with Gasteiger partial charge in [-0.2, -0.15) is 0 Å². The van der Waals surface area contributed by atoms with Gasteiger partial charge in [-0.25, -0.2) is 0 Å². The Hall–Kier alpha value is -2.78. The predicted octanol–water partition coefficient (Wildman–Crippen LogP) is 6.57. The highest BCUT2D eigenvalue weighted by Crippen LogP contribution is 2.51. The van der Waals surface area contributed by atoms with Gasteiger partial charge in [0.25, 0.3) is 0 Å². The highest BCUT2D eigenvalue weighted by atomic mass is 16.3. The van der Waals surface area contributed by atoms with Crippen molar-refractivity contribution in [3.8, 4) is 0 Å². The maximum absolute atomic E-state index is 6.48. The lowest BCUT2D eigenvalue weighted by atomic mass is 9.84. The maximum atomic E-state index is 6.48. The molecule has 3 atom stereocenters. The van der Waals surface area contributed by atoms with Crippen LogP contribution in [0.25, 0.3) is 21.9 Å². The third kappa shape index (κ3) is 2.28. The molecule has 29 heavy (non-hydrogen) atoms. The third-order valence-electron chi connectivity index (χ3n) is 7.23. The Balaban J connectivity index is 1.65. The van der Waals surface area contributed by atoms with Crippen LogP contribution in [0.15, 0.2) is 65.1 Å². The molecule has 3 nitrogen and oxygen atoms in total. The second-order valence-electron chi connectivity index (χ2n) is 8.65. The maximum Gasteiger partial charge on any atom is 0.159 e. The van der Waals surface area contributed by atoms with E-state index in [1.54, 1.807) is 0 Å². The van der Waals surface area contributed by atoms with Gasteiger partial charge in [-0.05, 0) is 56.5 Å². The van der Waals surface area contributed by atoms with Crippen molar-refractivity contribution in [2.24, 2.45) is 0 Å². The van der Waals surface area contributed by atoms with Crippen molar-refractivity contribution >= 4 is 27.6 Å². The molecule has 2 unspecified atom stereocenters. The van der Waals surface area contributed by atoms with Crippen LogP contribution in [-0.2, 0) is 0 Å². The number of hydrogen-bond acceptors (Lipinski definition) is 3. The quantitative estimate of drug-likeness (QED) is 0.371. The Morgan fingerprint density at radius 3 is 2.34 bits per heavy atom. The monoisotopic (exact) mass is 382 g/mol. The second kappa shape index (κ2) is 6.11. The fourth-order valence-electron chi connectivity index (χ4n) is 5.71. The van der Waals surface area contributed by atoms with Gasteiger partial charge in [0.15, 0.2) is 5.58 Å². The highest BCUT2D eigenvalue weighted by Gasteiger charge is 2.42. The molecule has 1 fully saturated rings. The first kappa shape index (κ1) is 17.1. The smallest absolute Gasteiger partial charge is 0.159 e. The number of para-hydroxylation sites is 1. The van der Waals surface area contributed by atoms with Crippen molar-refractivity contribution in [2.45, 2.75) is 44.9 Å². The van der Waals surface area contributed by atoms with Gasteiger partial charge in [-0.3, -0.25) is 4.90 Å². The van der Waals surface area contributed by atoms with E-state index < -0.39 is 0 Å². The number of fused-ring (bicyclic) bond motifs is 6. The number of anilines is 1. The van der Waals surface area contributed by atoms with Gasteiger partial charge in [0.2, 0.25) is 0 Å². The predicted molar refractivity (Wildman–Crippen MR) is 119 cm³/mol. The van der Waals surface area contributed by atoms with Gasteiger partial charge in [0, 0.05) is 16.8 Å². The molecule has 0 saturated carbocycles. The van der Waals surface area contributed by atoms with Crippen molar-refractivity contribution in [3.63, 3.8) is 0 Å². The molecule has 3 heterocycles. The first-order valence-corrected chi connectivity index (χ1v) is 10.6. The second-order valence-corrected chi connectivity index (χ2v) is 8.65. The Labute approximate surface area is 171 Å². The van der Waals surface area contributed by atoms with Crippen molar-refractivity contribution in [3.05, 3.63) is 77.4 Å². The minimum atomic E-state index is 0.289. The summed E-state index contributed by atoms with van der Waals surface area (Å²) in [6.45, 7) is 4.57. The minimum absolute atomic E-state index is 0.289. The van der Waals surface area contributed by atoms with E-state index in [1.807, 2.05) is 0 Å². The van der Waals surface area contributed by atoms with Gasteiger partial charge in [0.05, 0.1) is 17.9 Å². The summed E-state index contributed by atoms with van der Waals surface area (Å²) in [6.07, 6.45) is 2.66. The summed E-state index contributed by atoms with van der Waals surface area (Å²) < 4.78 is 6.48. The number of rotatable bonds is 1. The number of nitrogens with zero attached hydrogens (tertiary/aromatic N) is 2. The van der Waals surface area contributed by atoms with Crippen LogP contribution in [0.5, 0.6) is 0 Å². The molecule has 4 aromatic rings. The van der Waals surface area contributed by atoms with Crippen molar-refractivity contribution in [1.82, 2.24) is 4.90 Å². The summed E-state index contributed by atoms with van der Waals surface area (Å²) >= 11 is 0. The molecular weight excluding hydrogens is 356 g/mol. The van der Waals surface area contributed by atoms with Gasteiger partial charge < -0.3 is 9.32 Å². The molecule has 0 N–H and O–H groups in total. The lowest BCUT2D eigenvalue weighted by molar-refractivity contribution is 0.191. The highest BCUT2D eigenvalue weighted by molar-refractivity contribution is 6.09. The summed E-state index contributed by atoms with van der Waals surface area (Å²) in [5.74, 6) is 0. The van der Waals surface area contributed by atoms with E-state index in [0.29, 0.717) is 12.1 Å². The zero-order chi connectivity index (χ0) is 19.7. The van der Waals surface area contributed by atoms with Gasteiger partial charge >= 0.3 is 0 Å². The van der Waals surface area contributed by atoms with Gasteiger partial charge in [0.1, 0.15) is 5.58 Å². The Bertz CT molecular complexity index is 1240. The van der Waals surface area contributed by atoms with Crippen LogP contribution in [-0.4, -0.2) is 18.1 Å². The average molecular weight is 383 g/mol. The minimum Gasteiger partial charge on any atom is -0.454 e. The van der Waals surface area contributed by atoms with Crippen LogP contribution in [0.3, 0.4) is 0 Å². The average Bonchev–Trinajstić information content (AvgIpc) is 3.04. The van der Waals surface area contributed by atoms with E-state index in [-0.39, 0.29) is 6.17 Å². The van der Waals surface area contributed by atoms with Crippen LogP contribution in [0, 0.1) is 6.92 Å². The van der Waals surface area contributed by atoms with Crippen LogP contribution >= 0.6 is 0 Å². The summed E-state index contributed by atoms with van der Waals surface area (Å²) in [6, 6.07) is 22.8. The Morgan fingerprint density at radius 1 is 0.828 bits per heavy atom. The summed E-state index contributed by atoms with van der Waals surface area (Å²) in [4.78, 5) is 5.18. The Kier molecular flexibility index (Phi) is 3.60. The molecule has 3 heteroatoms. The molecule has 2 aliphatic heterocycles. The lowest BCUT2D eigenvalue weighted by Crippen LogP contribution is -2.43. The van der Waals surface area contributed by atoms with Crippen LogP contribution < -0.4 is 4.90 Å². The number of benzene rings is 3. The fraction of sp³-hybridized carbons (Fsp3) is 0.308. The van der Waals surface area contributed by atoms with Crippen LogP contribution in [0.2, 0.25) is 0 Å². The summed E-state index contributed by atoms with van der Waals surface area (Å²) in [5.41, 5.74) is 7.49.